The number of nitrogen functional groups attached to an aromatic ring is 1. The Morgan fingerprint density at radius 3 is 2.47 bits per heavy atom. The lowest BCUT2D eigenvalue weighted by Crippen LogP contribution is -2.16. The predicted molar refractivity (Wildman–Crippen MR) is 65.4 cm³/mol. The minimum Gasteiger partial charge on any atom is -0.382 e. The number of benzene rings is 1. The fourth-order valence-corrected chi connectivity index (χ4v) is 1.47. The molecule has 0 saturated heterocycles. The molecule has 1 amide bonds. The Bertz CT molecular complexity index is 568. The summed E-state index contributed by atoms with van der Waals surface area (Å²) < 4.78 is 0. The molecule has 86 valence electrons. The molecule has 0 radical (unpaired) electrons. The Morgan fingerprint density at radius 2 is 1.88 bits per heavy atom. The molecule has 0 spiro atoms. The number of carbonyl (C=O) groups excluding carboxylic acids is 1. The zero-order valence-corrected chi connectivity index (χ0v) is 9.48. The number of nitrogens with zero attached hydrogens (tertiary/aromatic N) is 2. The zero-order valence-electron chi connectivity index (χ0n) is 8.72. The van der Waals surface area contributed by atoms with Crippen LogP contribution in [0.25, 0.3) is 11.3 Å². The number of anilines is 1. The van der Waals surface area contributed by atoms with Gasteiger partial charge in [-0.2, -0.15) is 0 Å². The van der Waals surface area contributed by atoms with Crippen molar-refractivity contribution in [2.45, 2.75) is 0 Å². The molecule has 6 heteroatoms. The Balaban J connectivity index is 2.50. The van der Waals surface area contributed by atoms with Gasteiger partial charge >= 0.3 is 0 Å². The molecule has 4 N–H and O–H groups in total. The van der Waals surface area contributed by atoms with Crippen molar-refractivity contribution >= 4 is 23.3 Å². The standard InChI is InChI=1S/C11H9ClN4O/c12-7-3-1-6(2-4-7)8-5-15-10(13)9(16-8)11(14)17/h1-5H,(H2,13,15)(H2,14,17). The fraction of sp³-hybridized carbons (Fsp3) is 0. The topological polar surface area (TPSA) is 94.9 Å². The third-order valence-electron chi connectivity index (χ3n) is 2.17. The van der Waals surface area contributed by atoms with Crippen LogP contribution in [0.4, 0.5) is 5.82 Å². The summed E-state index contributed by atoms with van der Waals surface area (Å²) in [5, 5.41) is 0.618. The summed E-state index contributed by atoms with van der Waals surface area (Å²) >= 11 is 5.78. The molecule has 0 unspecified atom stereocenters. The van der Waals surface area contributed by atoms with Gasteiger partial charge in [-0.1, -0.05) is 23.7 Å². The van der Waals surface area contributed by atoms with Crippen LogP contribution in [0.15, 0.2) is 30.5 Å². The highest BCUT2D eigenvalue weighted by Gasteiger charge is 2.11. The molecule has 0 atom stereocenters. The summed E-state index contributed by atoms with van der Waals surface area (Å²) in [6.45, 7) is 0. The minimum atomic E-state index is -0.703. The van der Waals surface area contributed by atoms with Crippen molar-refractivity contribution in [1.82, 2.24) is 9.97 Å². The largest absolute Gasteiger partial charge is 0.382 e. The number of carbonyl (C=O) groups is 1. The number of nitrogens with two attached hydrogens (primary N) is 2. The first-order valence-electron chi connectivity index (χ1n) is 4.76. The number of hydrogen-bond donors (Lipinski definition) is 2. The Morgan fingerprint density at radius 1 is 1.24 bits per heavy atom. The van der Waals surface area contributed by atoms with Crippen LogP contribution in [-0.4, -0.2) is 15.9 Å². The van der Waals surface area contributed by atoms with Crippen LogP contribution in [0.2, 0.25) is 5.02 Å². The molecule has 2 rings (SSSR count). The van der Waals surface area contributed by atoms with Crippen molar-refractivity contribution in [2.24, 2.45) is 5.73 Å². The van der Waals surface area contributed by atoms with Crippen LogP contribution in [0, 0.1) is 0 Å². The number of primary amides is 1. The molecule has 0 aliphatic carbocycles. The third kappa shape index (κ3) is 2.34. The molecule has 0 saturated carbocycles. The number of amides is 1. The molecule has 0 aliphatic heterocycles. The van der Waals surface area contributed by atoms with Gasteiger partial charge in [0.1, 0.15) is 0 Å². The van der Waals surface area contributed by atoms with Crippen molar-refractivity contribution in [3.05, 3.63) is 41.2 Å². The van der Waals surface area contributed by atoms with Gasteiger partial charge in [0, 0.05) is 10.6 Å². The van der Waals surface area contributed by atoms with Gasteiger partial charge in [0.2, 0.25) is 0 Å². The molecule has 5 nitrogen and oxygen atoms in total. The Labute approximate surface area is 102 Å². The maximum atomic E-state index is 11.1. The maximum Gasteiger partial charge on any atom is 0.271 e. The van der Waals surface area contributed by atoms with Gasteiger partial charge in [0.05, 0.1) is 11.9 Å². The van der Waals surface area contributed by atoms with E-state index in [4.69, 9.17) is 23.1 Å². The van der Waals surface area contributed by atoms with E-state index in [2.05, 4.69) is 9.97 Å². The average molecular weight is 249 g/mol. The van der Waals surface area contributed by atoms with Crippen LogP contribution >= 0.6 is 11.6 Å². The number of aromatic nitrogens is 2. The summed E-state index contributed by atoms with van der Waals surface area (Å²) in [4.78, 5) is 19.0. The van der Waals surface area contributed by atoms with E-state index >= 15 is 0 Å². The summed E-state index contributed by atoms with van der Waals surface area (Å²) in [5.41, 5.74) is 11.9. The van der Waals surface area contributed by atoms with E-state index in [0.29, 0.717) is 10.7 Å². The summed E-state index contributed by atoms with van der Waals surface area (Å²) in [6, 6.07) is 6.98. The molecule has 1 aromatic carbocycles. The highest BCUT2D eigenvalue weighted by atomic mass is 35.5. The Hall–Kier alpha value is -2.14. The minimum absolute atomic E-state index is 0.0233. The van der Waals surface area contributed by atoms with Crippen molar-refractivity contribution in [3.8, 4) is 11.3 Å². The van der Waals surface area contributed by atoms with Gasteiger partial charge in [-0.15, -0.1) is 0 Å². The quantitative estimate of drug-likeness (QED) is 0.841. The second-order valence-electron chi connectivity index (χ2n) is 3.36. The highest BCUT2D eigenvalue weighted by molar-refractivity contribution is 6.30. The van der Waals surface area contributed by atoms with Crippen molar-refractivity contribution in [1.29, 1.82) is 0 Å². The molecule has 0 aliphatic rings. The third-order valence-corrected chi connectivity index (χ3v) is 2.43. The van der Waals surface area contributed by atoms with Crippen LogP contribution in [-0.2, 0) is 0 Å². The van der Waals surface area contributed by atoms with E-state index < -0.39 is 5.91 Å². The molecule has 1 heterocycles. The Kier molecular flexibility index (Phi) is 2.93. The highest BCUT2D eigenvalue weighted by Crippen LogP contribution is 2.20. The molecule has 2 aromatic rings. The number of halogens is 1. The summed E-state index contributed by atoms with van der Waals surface area (Å²) in [7, 11) is 0. The zero-order chi connectivity index (χ0) is 12.4. The normalized spacial score (nSPS) is 10.2. The lowest BCUT2D eigenvalue weighted by molar-refractivity contribution is 0.0996. The first kappa shape index (κ1) is 11.3. The smallest absolute Gasteiger partial charge is 0.271 e. The number of hydrogen-bond acceptors (Lipinski definition) is 4. The van der Waals surface area contributed by atoms with Gasteiger partial charge in [-0.25, -0.2) is 9.97 Å². The van der Waals surface area contributed by atoms with Gasteiger partial charge in [-0.3, -0.25) is 4.79 Å². The van der Waals surface area contributed by atoms with E-state index in [9.17, 15) is 4.79 Å². The van der Waals surface area contributed by atoms with Crippen molar-refractivity contribution in [3.63, 3.8) is 0 Å². The molecular formula is C11H9ClN4O. The van der Waals surface area contributed by atoms with Crippen LogP contribution in [0.5, 0.6) is 0 Å². The first-order chi connectivity index (χ1) is 8.08. The van der Waals surface area contributed by atoms with Crippen LogP contribution in [0.3, 0.4) is 0 Å². The van der Waals surface area contributed by atoms with E-state index in [0.717, 1.165) is 5.56 Å². The fourth-order valence-electron chi connectivity index (χ4n) is 1.34. The molecule has 17 heavy (non-hydrogen) atoms. The van der Waals surface area contributed by atoms with E-state index in [-0.39, 0.29) is 11.5 Å². The average Bonchev–Trinajstić information content (AvgIpc) is 2.30. The van der Waals surface area contributed by atoms with E-state index in [1.54, 1.807) is 24.3 Å². The van der Waals surface area contributed by atoms with Crippen molar-refractivity contribution in [2.75, 3.05) is 5.73 Å². The van der Waals surface area contributed by atoms with Crippen LogP contribution < -0.4 is 11.5 Å². The summed E-state index contributed by atoms with van der Waals surface area (Å²) in [5.74, 6) is -0.680. The van der Waals surface area contributed by atoms with Gasteiger partial charge < -0.3 is 11.5 Å². The van der Waals surface area contributed by atoms with Gasteiger partial charge in [-0.05, 0) is 12.1 Å². The van der Waals surface area contributed by atoms with Gasteiger partial charge in [0.15, 0.2) is 11.5 Å². The predicted octanol–water partition coefficient (Wildman–Crippen LogP) is 1.48. The van der Waals surface area contributed by atoms with Crippen LogP contribution in [0.1, 0.15) is 10.5 Å². The van der Waals surface area contributed by atoms with Gasteiger partial charge in [0.25, 0.3) is 5.91 Å². The number of rotatable bonds is 2. The molecule has 0 fully saturated rings. The maximum absolute atomic E-state index is 11.1. The summed E-state index contributed by atoms with van der Waals surface area (Å²) in [6.07, 6.45) is 1.48. The SMILES string of the molecule is NC(=O)c1nc(-c2ccc(Cl)cc2)cnc1N. The van der Waals surface area contributed by atoms with Crippen molar-refractivity contribution < 1.29 is 4.79 Å². The van der Waals surface area contributed by atoms with E-state index in [1.807, 2.05) is 0 Å². The first-order valence-corrected chi connectivity index (χ1v) is 5.14. The molecule has 0 bridgehead atoms. The lowest BCUT2D eigenvalue weighted by Gasteiger charge is -2.04. The molecule has 1 aromatic heterocycles. The second-order valence-corrected chi connectivity index (χ2v) is 3.80. The monoisotopic (exact) mass is 248 g/mol. The molecular weight excluding hydrogens is 240 g/mol. The van der Waals surface area contributed by atoms with E-state index in [1.165, 1.54) is 6.20 Å². The lowest BCUT2D eigenvalue weighted by atomic mass is 10.1. The second kappa shape index (κ2) is 4.39.